The third kappa shape index (κ3) is 7.53. The fourth-order valence-corrected chi connectivity index (χ4v) is 4.43. The number of alkyl carbamates (subject to hydrolysis) is 1. The lowest BCUT2D eigenvalue weighted by Gasteiger charge is -2.33. The maximum absolute atomic E-state index is 12.3. The van der Waals surface area contributed by atoms with E-state index in [2.05, 4.69) is 27.2 Å². The van der Waals surface area contributed by atoms with Gasteiger partial charge in [-0.3, -0.25) is 4.79 Å². The largest absolute Gasteiger partial charge is 0.444 e. The number of carbonyl (C=O) groups excluding carboxylic acids is 2. The Balaban J connectivity index is 1.59. The molecule has 0 aliphatic carbocycles. The first-order chi connectivity index (χ1) is 18.5. The van der Waals surface area contributed by atoms with Crippen LogP contribution in [0.2, 0.25) is 0 Å². The average Bonchev–Trinajstić information content (AvgIpc) is 2.88. The third-order valence-corrected chi connectivity index (χ3v) is 6.28. The summed E-state index contributed by atoms with van der Waals surface area (Å²) in [6.45, 7) is 13.8. The predicted molar refractivity (Wildman–Crippen MR) is 151 cm³/mol. The van der Waals surface area contributed by atoms with Crippen LogP contribution < -0.4 is 21.3 Å². The van der Waals surface area contributed by atoms with E-state index in [1.807, 2.05) is 50.8 Å². The summed E-state index contributed by atoms with van der Waals surface area (Å²) in [4.78, 5) is 40.4. The number of anilines is 3. The number of aromatic nitrogens is 3. The lowest BCUT2D eigenvalue weighted by Crippen LogP contribution is -2.49. The van der Waals surface area contributed by atoms with Crippen molar-refractivity contribution in [3.63, 3.8) is 0 Å². The summed E-state index contributed by atoms with van der Waals surface area (Å²) in [6, 6.07) is 3.65. The minimum atomic E-state index is -0.645. The van der Waals surface area contributed by atoms with Gasteiger partial charge in [-0.2, -0.15) is 4.98 Å². The highest BCUT2D eigenvalue weighted by Crippen LogP contribution is 2.28. The number of allylic oxidation sites excluding steroid dienone is 1. The first-order valence-corrected chi connectivity index (χ1v) is 13.1. The molecule has 0 aromatic carbocycles. The molecule has 4 N–H and O–H groups in total. The third-order valence-electron chi connectivity index (χ3n) is 6.28. The highest BCUT2D eigenvalue weighted by Gasteiger charge is 2.26. The van der Waals surface area contributed by atoms with Crippen molar-refractivity contribution in [2.75, 3.05) is 36.5 Å². The Bertz CT molecular complexity index is 1290. The lowest BCUT2D eigenvalue weighted by atomic mass is 10.0. The van der Waals surface area contributed by atoms with Crippen LogP contribution in [-0.2, 0) is 9.47 Å². The van der Waals surface area contributed by atoms with Crippen LogP contribution in [0.3, 0.4) is 0 Å². The number of hydrogen-bond donors (Lipinski definition) is 3. The highest BCUT2D eigenvalue weighted by molar-refractivity contribution is 5.98. The summed E-state index contributed by atoms with van der Waals surface area (Å²) in [6.07, 6.45) is 5.39. The van der Waals surface area contributed by atoms with E-state index < -0.39 is 17.6 Å². The van der Waals surface area contributed by atoms with Gasteiger partial charge in [0.25, 0.3) is 5.91 Å². The number of pyridine rings is 1. The summed E-state index contributed by atoms with van der Waals surface area (Å²) in [5.41, 5.74) is 9.38. The Labute approximate surface area is 228 Å². The molecule has 2 aromatic rings. The molecular weight excluding hydrogens is 498 g/mol. The van der Waals surface area contributed by atoms with E-state index in [0.29, 0.717) is 43.8 Å². The van der Waals surface area contributed by atoms with Gasteiger partial charge in [-0.15, -0.1) is 0 Å². The molecule has 2 amide bonds. The minimum absolute atomic E-state index is 0.127. The van der Waals surface area contributed by atoms with Crippen molar-refractivity contribution in [1.29, 1.82) is 0 Å². The summed E-state index contributed by atoms with van der Waals surface area (Å²) in [5, 5.41) is 6.21. The van der Waals surface area contributed by atoms with Gasteiger partial charge in [0.15, 0.2) is 0 Å². The van der Waals surface area contributed by atoms with Crippen LogP contribution in [0.25, 0.3) is 11.1 Å². The Morgan fingerprint density at radius 1 is 1.26 bits per heavy atom. The second kappa shape index (κ2) is 11.8. The number of piperidine rings is 1. The number of primary amides is 1. The van der Waals surface area contributed by atoms with Crippen molar-refractivity contribution in [2.45, 2.75) is 58.6 Å². The van der Waals surface area contributed by atoms with Crippen LogP contribution in [0.4, 0.5) is 22.2 Å². The number of rotatable bonds is 7. The summed E-state index contributed by atoms with van der Waals surface area (Å²) < 4.78 is 10.9. The van der Waals surface area contributed by atoms with E-state index in [9.17, 15) is 9.59 Å². The van der Waals surface area contributed by atoms with Crippen LogP contribution in [0.15, 0.2) is 31.0 Å². The zero-order valence-electron chi connectivity index (χ0n) is 23.0. The normalized spacial score (nSPS) is 17.7. The molecule has 4 heterocycles. The molecule has 1 saturated heterocycles. The van der Waals surface area contributed by atoms with Crippen LogP contribution in [-0.4, -0.2) is 64.9 Å². The van der Waals surface area contributed by atoms with Gasteiger partial charge >= 0.3 is 6.09 Å². The molecule has 4 rings (SSSR count). The fraction of sp³-hybridized carbons (Fsp3) is 0.464. The Morgan fingerprint density at radius 2 is 2.05 bits per heavy atom. The molecule has 0 bridgehead atoms. The van der Waals surface area contributed by atoms with E-state index in [0.717, 1.165) is 41.8 Å². The average molecular weight is 536 g/mol. The number of nitrogens with two attached hydrogens (primary N) is 1. The Hall–Kier alpha value is -3.99. The molecule has 0 saturated carbocycles. The molecule has 1 atom stereocenters. The van der Waals surface area contributed by atoms with Crippen molar-refractivity contribution in [2.24, 2.45) is 5.73 Å². The maximum Gasteiger partial charge on any atom is 0.407 e. The highest BCUT2D eigenvalue weighted by atomic mass is 16.6. The summed E-state index contributed by atoms with van der Waals surface area (Å²) in [5.74, 6) is 0.0777. The van der Waals surface area contributed by atoms with E-state index in [1.165, 1.54) is 6.20 Å². The molecule has 39 heavy (non-hydrogen) atoms. The van der Waals surface area contributed by atoms with Crippen LogP contribution >= 0.6 is 0 Å². The van der Waals surface area contributed by atoms with Crippen LogP contribution in [0, 0.1) is 0 Å². The smallest absolute Gasteiger partial charge is 0.407 e. The zero-order chi connectivity index (χ0) is 28.2. The predicted octanol–water partition coefficient (Wildman–Crippen LogP) is 4.04. The number of carbonyl (C=O) groups is 2. The van der Waals surface area contributed by atoms with Crippen molar-refractivity contribution >= 4 is 40.6 Å². The molecule has 11 heteroatoms. The zero-order valence-corrected chi connectivity index (χ0v) is 23.0. The van der Waals surface area contributed by atoms with Gasteiger partial charge in [-0.1, -0.05) is 12.7 Å². The van der Waals surface area contributed by atoms with E-state index in [4.69, 9.17) is 20.2 Å². The molecular formula is C28H37N7O4. The molecule has 208 valence electrons. The second-order valence-electron chi connectivity index (χ2n) is 10.8. The van der Waals surface area contributed by atoms with Crippen molar-refractivity contribution < 1.29 is 19.1 Å². The SMILES string of the molecule is C=C(C)c1cc(Nc2nc(N3CCC[C@H](NC(=O)OC(C)(C)C)C3)ncc2C(N)=O)cc(C2=CCOCC2)n1. The standard InChI is InChI=1S/C28H37N7O4/c1-17(2)22-13-20(14-23(33-22)18-8-11-38-12-9-18)31-25-21(24(29)36)15-30-26(34-25)35-10-6-7-19(16-35)32-27(37)39-28(3,4)5/h8,13-15,19H,1,6-7,9-12,16H2,2-5H3,(H2,29,36)(H,32,37)(H,30,31,33,34)/t19-/m0/s1. The van der Waals surface area contributed by atoms with Crippen LogP contribution in [0.1, 0.15) is 68.7 Å². The van der Waals surface area contributed by atoms with E-state index >= 15 is 0 Å². The van der Waals surface area contributed by atoms with Gasteiger partial charge < -0.3 is 30.7 Å². The van der Waals surface area contributed by atoms with Gasteiger partial charge in [-0.25, -0.2) is 14.8 Å². The molecule has 2 aromatic heterocycles. The van der Waals surface area contributed by atoms with Gasteiger partial charge in [0, 0.05) is 31.0 Å². The molecule has 0 spiro atoms. The summed E-state index contributed by atoms with van der Waals surface area (Å²) >= 11 is 0. The molecule has 1 fully saturated rings. The Kier molecular flexibility index (Phi) is 8.49. The van der Waals surface area contributed by atoms with Gasteiger partial charge in [-0.05, 0) is 70.2 Å². The quantitative estimate of drug-likeness (QED) is 0.478. The molecule has 2 aliphatic rings. The lowest BCUT2D eigenvalue weighted by molar-refractivity contribution is 0.0499. The first kappa shape index (κ1) is 28.0. The molecule has 11 nitrogen and oxygen atoms in total. The fourth-order valence-electron chi connectivity index (χ4n) is 4.43. The maximum atomic E-state index is 12.3. The number of amides is 2. The van der Waals surface area contributed by atoms with Crippen molar-refractivity contribution in [1.82, 2.24) is 20.3 Å². The van der Waals surface area contributed by atoms with Gasteiger partial charge in [0.1, 0.15) is 17.0 Å². The monoisotopic (exact) mass is 535 g/mol. The van der Waals surface area contributed by atoms with Gasteiger partial charge in [0.05, 0.1) is 24.6 Å². The number of nitrogens with zero attached hydrogens (tertiary/aromatic N) is 4. The minimum Gasteiger partial charge on any atom is -0.444 e. The topological polar surface area (TPSA) is 145 Å². The molecule has 0 unspecified atom stereocenters. The summed E-state index contributed by atoms with van der Waals surface area (Å²) in [7, 11) is 0. The number of hydrogen-bond acceptors (Lipinski definition) is 9. The number of ether oxygens (including phenoxy) is 2. The first-order valence-electron chi connectivity index (χ1n) is 13.1. The molecule has 2 aliphatic heterocycles. The Morgan fingerprint density at radius 3 is 2.72 bits per heavy atom. The molecule has 0 radical (unpaired) electrons. The van der Waals surface area contributed by atoms with E-state index in [1.54, 1.807) is 0 Å². The second-order valence-corrected chi connectivity index (χ2v) is 10.8. The van der Waals surface area contributed by atoms with E-state index in [-0.39, 0.29) is 11.6 Å². The van der Waals surface area contributed by atoms with Crippen molar-refractivity contribution in [3.05, 3.63) is 47.9 Å². The van der Waals surface area contributed by atoms with Crippen LogP contribution in [0.5, 0.6) is 0 Å². The van der Waals surface area contributed by atoms with Crippen molar-refractivity contribution in [3.8, 4) is 0 Å². The van der Waals surface area contributed by atoms with Gasteiger partial charge in [0.2, 0.25) is 5.95 Å². The number of nitrogens with one attached hydrogen (secondary N) is 2.